The SMILES string of the molecule is Cc1nc(CCC(=O)N2CCc3ccc(NC(=O)[C@H]4CCCO4)cc3C2)n[nH]1. The Morgan fingerprint density at radius 3 is 3.00 bits per heavy atom. The summed E-state index contributed by atoms with van der Waals surface area (Å²) in [5.74, 6) is 1.43. The first-order chi connectivity index (χ1) is 13.6. The molecule has 2 amide bonds. The van der Waals surface area contributed by atoms with Gasteiger partial charge in [-0.25, -0.2) is 4.98 Å². The lowest BCUT2D eigenvalue weighted by molar-refractivity contribution is -0.132. The standard InChI is InChI=1S/C20H25N5O3/c1-13-21-18(24-23-13)6-7-19(26)25-9-8-14-4-5-16(11-15(14)12-25)22-20(27)17-3-2-10-28-17/h4-5,11,17H,2-3,6-10,12H2,1H3,(H,22,27)(H,21,23,24)/t17-/m1/s1. The summed E-state index contributed by atoms with van der Waals surface area (Å²) >= 11 is 0. The van der Waals surface area contributed by atoms with Gasteiger partial charge in [0.15, 0.2) is 5.82 Å². The lowest BCUT2D eigenvalue weighted by Crippen LogP contribution is -2.36. The Bertz CT molecular complexity index is 872. The maximum absolute atomic E-state index is 12.6. The smallest absolute Gasteiger partial charge is 0.253 e. The molecule has 1 fully saturated rings. The normalized spacial score (nSPS) is 18.8. The number of H-pyrrole nitrogens is 1. The van der Waals surface area contributed by atoms with Gasteiger partial charge in [0.25, 0.3) is 5.91 Å². The Morgan fingerprint density at radius 2 is 2.25 bits per heavy atom. The van der Waals surface area contributed by atoms with Gasteiger partial charge in [-0.1, -0.05) is 6.07 Å². The number of aromatic nitrogens is 3. The Hall–Kier alpha value is -2.74. The van der Waals surface area contributed by atoms with Crippen molar-refractivity contribution in [2.24, 2.45) is 0 Å². The third-order valence-electron chi connectivity index (χ3n) is 5.27. The topological polar surface area (TPSA) is 100 Å². The molecule has 0 spiro atoms. The molecule has 2 aromatic rings. The number of nitrogens with one attached hydrogen (secondary N) is 2. The van der Waals surface area contributed by atoms with Gasteiger partial charge < -0.3 is 15.0 Å². The molecule has 0 bridgehead atoms. The molecule has 0 saturated carbocycles. The van der Waals surface area contributed by atoms with Gasteiger partial charge in [0.2, 0.25) is 5.91 Å². The fraction of sp³-hybridized carbons (Fsp3) is 0.500. The van der Waals surface area contributed by atoms with Crippen molar-refractivity contribution in [3.8, 4) is 0 Å². The van der Waals surface area contributed by atoms with Crippen LogP contribution in [0.2, 0.25) is 0 Å². The van der Waals surface area contributed by atoms with E-state index < -0.39 is 0 Å². The highest BCUT2D eigenvalue weighted by Crippen LogP contribution is 2.24. The lowest BCUT2D eigenvalue weighted by atomic mass is 9.98. The number of carbonyl (C=O) groups excluding carboxylic acids is 2. The van der Waals surface area contributed by atoms with Crippen LogP contribution in [0.25, 0.3) is 0 Å². The van der Waals surface area contributed by atoms with Gasteiger partial charge in [-0.05, 0) is 49.4 Å². The first-order valence-corrected chi connectivity index (χ1v) is 9.78. The van der Waals surface area contributed by atoms with E-state index in [1.807, 2.05) is 30.0 Å². The molecule has 2 aliphatic heterocycles. The maximum Gasteiger partial charge on any atom is 0.253 e. The molecule has 1 atom stereocenters. The van der Waals surface area contributed by atoms with Gasteiger partial charge in [0.1, 0.15) is 11.9 Å². The van der Waals surface area contributed by atoms with E-state index in [2.05, 4.69) is 20.5 Å². The molecule has 2 N–H and O–H groups in total. The number of carbonyl (C=O) groups is 2. The zero-order chi connectivity index (χ0) is 19.5. The molecule has 8 nitrogen and oxygen atoms in total. The van der Waals surface area contributed by atoms with Gasteiger partial charge in [0, 0.05) is 38.2 Å². The first-order valence-electron chi connectivity index (χ1n) is 9.78. The Labute approximate surface area is 163 Å². The molecule has 0 radical (unpaired) electrons. The number of amides is 2. The van der Waals surface area contributed by atoms with E-state index in [1.54, 1.807) is 0 Å². The summed E-state index contributed by atoms with van der Waals surface area (Å²) in [7, 11) is 0. The molecule has 148 valence electrons. The van der Waals surface area contributed by atoms with Crippen LogP contribution in [0.15, 0.2) is 18.2 Å². The van der Waals surface area contributed by atoms with E-state index in [4.69, 9.17) is 4.74 Å². The van der Waals surface area contributed by atoms with Crippen LogP contribution in [0.1, 0.15) is 42.0 Å². The largest absolute Gasteiger partial charge is 0.368 e. The fourth-order valence-corrected chi connectivity index (χ4v) is 3.73. The molecule has 1 saturated heterocycles. The molecule has 4 rings (SSSR count). The fourth-order valence-electron chi connectivity index (χ4n) is 3.73. The van der Waals surface area contributed by atoms with E-state index >= 15 is 0 Å². The summed E-state index contributed by atoms with van der Waals surface area (Å²) in [5.41, 5.74) is 3.06. The number of benzene rings is 1. The van der Waals surface area contributed by atoms with E-state index in [0.717, 1.165) is 36.3 Å². The third kappa shape index (κ3) is 4.22. The Kier molecular flexibility index (Phi) is 5.38. The highest BCUT2D eigenvalue weighted by atomic mass is 16.5. The van der Waals surface area contributed by atoms with Crippen LogP contribution >= 0.6 is 0 Å². The van der Waals surface area contributed by atoms with Crippen molar-refractivity contribution in [3.05, 3.63) is 41.0 Å². The molecule has 0 aliphatic carbocycles. The van der Waals surface area contributed by atoms with Crippen LogP contribution < -0.4 is 5.32 Å². The highest BCUT2D eigenvalue weighted by Gasteiger charge is 2.25. The van der Waals surface area contributed by atoms with Crippen molar-refractivity contribution in [2.45, 2.75) is 51.7 Å². The molecule has 0 unspecified atom stereocenters. The van der Waals surface area contributed by atoms with Crippen molar-refractivity contribution in [1.82, 2.24) is 20.1 Å². The molecule has 1 aromatic carbocycles. The van der Waals surface area contributed by atoms with Gasteiger partial charge in [-0.3, -0.25) is 14.7 Å². The van der Waals surface area contributed by atoms with Crippen molar-refractivity contribution in [3.63, 3.8) is 0 Å². The monoisotopic (exact) mass is 383 g/mol. The van der Waals surface area contributed by atoms with Crippen LogP contribution in [-0.2, 0) is 33.7 Å². The Balaban J connectivity index is 1.36. The lowest BCUT2D eigenvalue weighted by Gasteiger charge is -2.29. The summed E-state index contributed by atoms with van der Waals surface area (Å²) in [6.45, 7) is 3.76. The highest BCUT2D eigenvalue weighted by molar-refractivity contribution is 5.94. The van der Waals surface area contributed by atoms with Gasteiger partial charge in [-0.15, -0.1) is 0 Å². The van der Waals surface area contributed by atoms with Crippen LogP contribution in [-0.4, -0.2) is 51.2 Å². The first kappa shape index (κ1) is 18.6. The zero-order valence-electron chi connectivity index (χ0n) is 16.0. The second kappa shape index (κ2) is 8.10. The summed E-state index contributed by atoms with van der Waals surface area (Å²) < 4.78 is 5.44. The molecular formula is C20H25N5O3. The number of hydrogen-bond donors (Lipinski definition) is 2. The van der Waals surface area contributed by atoms with Gasteiger partial charge >= 0.3 is 0 Å². The third-order valence-corrected chi connectivity index (χ3v) is 5.27. The van der Waals surface area contributed by atoms with E-state index in [0.29, 0.717) is 38.4 Å². The van der Waals surface area contributed by atoms with Crippen molar-refractivity contribution in [2.75, 3.05) is 18.5 Å². The minimum Gasteiger partial charge on any atom is -0.368 e. The molecule has 2 aliphatic rings. The average molecular weight is 383 g/mol. The number of ether oxygens (including phenoxy) is 1. The summed E-state index contributed by atoms with van der Waals surface area (Å²) in [5, 5.41) is 9.82. The van der Waals surface area contributed by atoms with Gasteiger partial charge in [-0.2, -0.15) is 5.10 Å². The summed E-state index contributed by atoms with van der Waals surface area (Å²) in [6.07, 6.45) is 3.08. The number of nitrogens with zero attached hydrogens (tertiary/aromatic N) is 3. The second-order valence-electron chi connectivity index (χ2n) is 7.38. The summed E-state index contributed by atoms with van der Waals surface area (Å²) in [4.78, 5) is 31.0. The molecule has 3 heterocycles. The van der Waals surface area contributed by atoms with Crippen LogP contribution in [0.5, 0.6) is 0 Å². The Morgan fingerprint density at radius 1 is 1.36 bits per heavy atom. The number of aromatic amines is 1. The van der Waals surface area contributed by atoms with Crippen LogP contribution in [0, 0.1) is 6.92 Å². The van der Waals surface area contributed by atoms with E-state index in [-0.39, 0.29) is 17.9 Å². The number of rotatable bonds is 5. The predicted octanol–water partition coefficient (Wildman–Crippen LogP) is 1.75. The zero-order valence-corrected chi connectivity index (χ0v) is 16.0. The molecule has 28 heavy (non-hydrogen) atoms. The molecule has 1 aromatic heterocycles. The average Bonchev–Trinajstić information content (AvgIpc) is 3.37. The number of hydrogen-bond acceptors (Lipinski definition) is 5. The summed E-state index contributed by atoms with van der Waals surface area (Å²) in [6, 6.07) is 5.94. The number of fused-ring (bicyclic) bond motifs is 1. The second-order valence-corrected chi connectivity index (χ2v) is 7.38. The quantitative estimate of drug-likeness (QED) is 0.819. The molecule has 8 heteroatoms. The van der Waals surface area contributed by atoms with Crippen LogP contribution in [0.4, 0.5) is 5.69 Å². The van der Waals surface area contributed by atoms with Crippen molar-refractivity contribution < 1.29 is 14.3 Å². The minimum atomic E-state index is -0.353. The predicted molar refractivity (Wildman–Crippen MR) is 103 cm³/mol. The molecular weight excluding hydrogens is 358 g/mol. The van der Waals surface area contributed by atoms with E-state index in [9.17, 15) is 9.59 Å². The van der Waals surface area contributed by atoms with Gasteiger partial charge in [0.05, 0.1) is 0 Å². The van der Waals surface area contributed by atoms with Crippen molar-refractivity contribution in [1.29, 1.82) is 0 Å². The minimum absolute atomic E-state index is 0.0945. The van der Waals surface area contributed by atoms with Crippen LogP contribution in [0.3, 0.4) is 0 Å². The number of anilines is 1. The number of aryl methyl sites for hydroxylation is 2. The van der Waals surface area contributed by atoms with E-state index in [1.165, 1.54) is 5.56 Å². The van der Waals surface area contributed by atoms with Crippen molar-refractivity contribution >= 4 is 17.5 Å². The maximum atomic E-state index is 12.6.